The van der Waals surface area contributed by atoms with Crippen LogP contribution in [0.25, 0.3) is 11.2 Å². The van der Waals surface area contributed by atoms with Crippen molar-refractivity contribution in [2.45, 2.75) is 62.9 Å². The molecular weight excluding hydrogens is 260 g/mol. The fraction of sp³-hybridized carbons (Fsp3) is 0.647. The predicted molar refractivity (Wildman–Crippen MR) is 84.4 cm³/mol. The molecule has 2 aromatic heterocycles. The fourth-order valence-electron chi connectivity index (χ4n) is 3.86. The van der Waals surface area contributed by atoms with Crippen LogP contribution in [-0.2, 0) is 6.42 Å². The van der Waals surface area contributed by atoms with E-state index in [-0.39, 0.29) is 5.54 Å². The molecule has 1 N–H and O–H groups in total. The van der Waals surface area contributed by atoms with Crippen molar-refractivity contribution in [3.05, 3.63) is 24.2 Å². The van der Waals surface area contributed by atoms with Gasteiger partial charge in [0.15, 0.2) is 5.65 Å². The molecule has 2 aliphatic carbocycles. The Balaban J connectivity index is 1.73. The van der Waals surface area contributed by atoms with Gasteiger partial charge in [-0.2, -0.15) is 0 Å². The molecular formula is C17H24N4. The number of nitrogens with one attached hydrogen (secondary N) is 1. The van der Waals surface area contributed by atoms with E-state index in [0.29, 0.717) is 6.04 Å². The number of likely N-dealkylation sites (N-methyl/N-ethyl adjacent to an activating group) is 1. The van der Waals surface area contributed by atoms with E-state index < -0.39 is 0 Å². The van der Waals surface area contributed by atoms with Crippen LogP contribution in [0.15, 0.2) is 18.3 Å². The second-order valence-electron chi connectivity index (χ2n) is 6.74. The zero-order valence-corrected chi connectivity index (χ0v) is 12.8. The first-order valence-corrected chi connectivity index (χ1v) is 8.32. The molecule has 0 aliphatic heterocycles. The van der Waals surface area contributed by atoms with E-state index in [1.165, 1.54) is 50.8 Å². The lowest BCUT2D eigenvalue weighted by atomic mass is 9.79. The van der Waals surface area contributed by atoms with Crippen LogP contribution in [-0.4, -0.2) is 27.1 Å². The van der Waals surface area contributed by atoms with E-state index in [4.69, 9.17) is 4.98 Å². The number of aromatic nitrogens is 3. The van der Waals surface area contributed by atoms with Gasteiger partial charge in [-0.25, -0.2) is 9.97 Å². The third-order valence-corrected chi connectivity index (χ3v) is 5.27. The molecule has 2 fully saturated rings. The monoisotopic (exact) mass is 284 g/mol. The van der Waals surface area contributed by atoms with Crippen molar-refractivity contribution in [1.29, 1.82) is 0 Å². The highest BCUT2D eigenvalue weighted by Gasteiger charge is 2.35. The highest BCUT2D eigenvalue weighted by atomic mass is 15.2. The number of fused-ring (bicyclic) bond motifs is 1. The normalized spacial score (nSPS) is 21.8. The molecule has 4 rings (SSSR count). The first-order valence-electron chi connectivity index (χ1n) is 8.32. The largest absolute Gasteiger partial charge is 0.314 e. The highest BCUT2D eigenvalue weighted by Crippen LogP contribution is 2.40. The van der Waals surface area contributed by atoms with Gasteiger partial charge in [0.1, 0.15) is 11.3 Å². The van der Waals surface area contributed by atoms with Crippen molar-refractivity contribution < 1.29 is 0 Å². The molecule has 0 spiro atoms. The maximum Gasteiger partial charge on any atom is 0.160 e. The molecule has 0 aromatic carbocycles. The van der Waals surface area contributed by atoms with Crippen LogP contribution in [0.4, 0.5) is 0 Å². The summed E-state index contributed by atoms with van der Waals surface area (Å²) in [7, 11) is 2.12. The molecule has 4 nitrogen and oxygen atoms in total. The summed E-state index contributed by atoms with van der Waals surface area (Å²) in [6.45, 7) is 0. The molecule has 0 radical (unpaired) electrons. The van der Waals surface area contributed by atoms with E-state index >= 15 is 0 Å². The third kappa shape index (κ3) is 2.35. The van der Waals surface area contributed by atoms with Crippen molar-refractivity contribution in [3.63, 3.8) is 0 Å². The minimum atomic E-state index is 0.242. The van der Waals surface area contributed by atoms with Crippen LogP contribution < -0.4 is 5.32 Å². The minimum Gasteiger partial charge on any atom is -0.314 e. The molecule has 0 saturated heterocycles. The zero-order chi connectivity index (χ0) is 14.3. The van der Waals surface area contributed by atoms with E-state index in [9.17, 15) is 0 Å². The third-order valence-electron chi connectivity index (χ3n) is 5.27. The van der Waals surface area contributed by atoms with Gasteiger partial charge in [0.05, 0.1) is 0 Å². The number of hydrogen-bond acceptors (Lipinski definition) is 3. The van der Waals surface area contributed by atoms with E-state index in [2.05, 4.69) is 28.0 Å². The average molecular weight is 284 g/mol. The molecule has 112 valence electrons. The van der Waals surface area contributed by atoms with Crippen LogP contribution in [0, 0.1) is 0 Å². The molecule has 21 heavy (non-hydrogen) atoms. The number of nitrogens with zero attached hydrogens (tertiary/aromatic N) is 3. The van der Waals surface area contributed by atoms with Gasteiger partial charge in [0.25, 0.3) is 0 Å². The smallest absolute Gasteiger partial charge is 0.160 e. The van der Waals surface area contributed by atoms with Crippen LogP contribution >= 0.6 is 0 Å². The Bertz CT molecular complexity index is 635. The Morgan fingerprint density at radius 1 is 1.29 bits per heavy atom. The van der Waals surface area contributed by atoms with Gasteiger partial charge in [-0.3, -0.25) is 0 Å². The summed E-state index contributed by atoms with van der Waals surface area (Å²) in [4.78, 5) is 9.51. The van der Waals surface area contributed by atoms with Crippen molar-refractivity contribution in [2.24, 2.45) is 0 Å². The van der Waals surface area contributed by atoms with E-state index in [1.54, 1.807) is 0 Å². The molecule has 0 amide bonds. The summed E-state index contributed by atoms with van der Waals surface area (Å²) < 4.78 is 2.42. The summed E-state index contributed by atoms with van der Waals surface area (Å²) in [6.07, 6.45) is 12.1. The van der Waals surface area contributed by atoms with Crippen LogP contribution in [0.5, 0.6) is 0 Å². The molecule has 2 aliphatic rings. The van der Waals surface area contributed by atoms with Crippen molar-refractivity contribution in [3.8, 4) is 0 Å². The van der Waals surface area contributed by atoms with Gasteiger partial charge < -0.3 is 9.88 Å². The second kappa shape index (κ2) is 5.09. The molecule has 0 atom stereocenters. The molecule has 0 unspecified atom stereocenters. The Morgan fingerprint density at radius 3 is 2.81 bits per heavy atom. The SMILES string of the molecule is CNC1(Cc2nc3cccnc3n2C2CC2)CCCCC1. The molecule has 2 aromatic rings. The molecule has 2 heterocycles. The summed E-state index contributed by atoms with van der Waals surface area (Å²) in [5, 5.41) is 3.62. The van der Waals surface area contributed by atoms with Gasteiger partial charge in [-0.05, 0) is 44.9 Å². The number of rotatable bonds is 4. The summed E-state index contributed by atoms with van der Waals surface area (Å²) in [6, 6.07) is 4.72. The van der Waals surface area contributed by atoms with Gasteiger partial charge in [0, 0.05) is 24.2 Å². The van der Waals surface area contributed by atoms with Crippen molar-refractivity contribution >= 4 is 11.2 Å². The van der Waals surface area contributed by atoms with Crippen molar-refractivity contribution in [1.82, 2.24) is 19.9 Å². The van der Waals surface area contributed by atoms with E-state index in [0.717, 1.165) is 17.6 Å². The fourth-order valence-corrected chi connectivity index (χ4v) is 3.86. The maximum atomic E-state index is 4.92. The van der Waals surface area contributed by atoms with Crippen molar-refractivity contribution in [2.75, 3.05) is 7.05 Å². The number of hydrogen-bond donors (Lipinski definition) is 1. The Labute approximate surface area is 126 Å². The molecule has 4 heteroatoms. The number of imidazole rings is 1. The topological polar surface area (TPSA) is 42.7 Å². The highest BCUT2D eigenvalue weighted by molar-refractivity contribution is 5.71. The average Bonchev–Trinajstić information content (AvgIpc) is 3.29. The Morgan fingerprint density at radius 2 is 2.10 bits per heavy atom. The van der Waals surface area contributed by atoms with Gasteiger partial charge in [-0.15, -0.1) is 0 Å². The van der Waals surface area contributed by atoms with E-state index in [1.807, 2.05) is 12.3 Å². The van der Waals surface area contributed by atoms with Gasteiger partial charge >= 0.3 is 0 Å². The van der Waals surface area contributed by atoms with Gasteiger partial charge in [0.2, 0.25) is 0 Å². The first-order chi connectivity index (χ1) is 10.3. The Kier molecular flexibility index (Phi) is 3.21. The lowest BCUT2D eigenvalue weighted by Gasteiger charge is -2.37. The second-order valence-corrected chi connectivity index (χ2v) is 6.74. The predicted octanol–water partition coefficient (Wildman–Crippen LogP) is 3.23. The first kappa shape index (κ1) is 13.3. The minimum absolute atomic E-state index is 0.242. The Hall–Kier alpha value is -1.42. The molecule has 0 bridgehead atoms. The lowest BCUT2D eigenvalue weighted by Crippen LogP contribution is -2.47. The summed E-state index contributed by atoms with van der Waals surface area (Å²) >= 11 is 0. The van der Waals surface area contributed by atoms with Crippen LogP contribution in [0.2, 0.25) is 0 Å². The zero-order valence-electron chi connectivity index (χ0n) is 12.8. The summed E-state index contributed by atoms with van der Waals surface area (Å²) in [5.74, 6) is 1.24. The van der Waals surface area contributed by atoms with Gasteiger partial charge in [-0.1, -0.05) is 19.3 Å². The summed E-state index contributed by atoms with van der Waals surface area (Å²) in [5.41, 5.74) is 2.38. The number of pyridine rings is 1. The maximum absolute atomic E-state index is 4.92. The standard InChI is InChI=1S/C17H24N4/c1-18-17(9-3-2-4-10-17)12-15-20-14-6-5-11-19-16(14)21(15)13-7-8-13/h5-6,11,13,18H,2-4,7-10,12H2,1H3. The molecule has 2 saturated carbocycles. The van der Waals surface area contributed by atoms with Crippen LogP contribution in [0.3, 0.4) is 0 Å². The van der Waals surface area contributed by atoms with Crippen LogP contribution in [0.1, 0.15) is 56.8 Å². The lowest BCUT2D eigenvalue weighted by molar-refractivity contribution is 0.239. The quantitative estimate of drug-likeness (QED) is 0.937.